The fourth-order valence-electron chi connectivity index (χ4n) is 1.73. The van der Waals surface area contributed by atoms with Gasteiger partial charge in [0.25, 0.3) is 0 Å². The van der Waals surface area contributed by atoms with E-state index in [0.29, 0.717) is 6.42 Å². The molecule has 0 bridgehead atoms. The van der Waals surface area contributed by atoms with Crippen molar-refractivity contribution in [2.75, 3.05) is 13.2 Å². The fraction of sp³-hybridized carbons (Fsp3) is 0.364. The van der Waals surface area contributed by atoms with Crippen LogP contribution >= 0.6 is 0 Å². The van der Waals surface area contributed by atoms with Gasteiger partial charge in [-0.05, 0) is 5.56 Å². The maximum Gasteiger partial charge on any atom is 0.192 e. The normalized spacial score (nSPS) is 19.8. The van der Waals surface area contributed by atoms with Gasteiger partial charge in [-0.25, -0.2) is 0 Å². The van der Waals surface area contributed by atoms with E-state index in [-0.39, 0.29) is 25.1 Å². The zero-order chi connectivity index (χ0) is 9.97. The SMILES string of the molecule is O=C1c2ccccc2CC1OCCO. The zero-order valence-corrected chi connectivity index (χ0v) is 7.77. The Bertz CT molecular complexity index is 346. The van der Waals surface area contributed by atoms with E-state index < -0.39 is 0 Å². The number of carbonyl (C=O) groups is 1. The third-order valence-corrected chi connectivity index (χ3v) is 2.39. The molecule has 14 heavy (non-hydrogen) atoms. The van der Waals surface area contributed by atoms with Crippen molar-refractivity contribution in [2.45, 2.75) is 12.5 Å². The molecule has 1 aromatic rings. The maximum atomic E-state index is 11.7. The summed E-state index contributed by atoms with van der Waals surface area (Å²) in [5, 5.41) is 8.59. The Kier molecular flexibility index (Phi) is 2.61. The number of ketones is 1. The zero-order valence-electron chi connectivity index (χ0n) is 7.77. The largest absolute Gasteiger partial charge is 0.394 e. The Morgan fingerprint density at radius 2 is 2.21 bits per heavy atom. The van der Waals surface area contributed by atoms with Crippen LogP contribution in [0.25, 0.3) is 0 Å². The van der Waals surface area contributed by atoms with E-state index in [1.165, 1.54) is 0 Å². The molecule has 0 radical (unpaired) electrons. The van der Waals surface area contributed by atoms with Gasteiger partial charge in [0.2, 0.25) is 0 Å². The number of aliphatic hydroxyl groups is 1. The van der Waals surface area contributed by atoms with Crippen LogP contribution in [-0.4, -0.2) is 30.2 Å². The highest BCUT2D eigenvalue weighted by molar-refractivity contribution is 6.03. The van der Waals surface area contributed by atoms with Crippen molar-refractivity contribution in [3.05, 3.63) is 35.4 Å². The predicted octanol–water partition coefficient (Wildman–Crippen LogP) is 0.803. The van der Waals surface area contributed by atoms with Gasteiger partial charge >= 0.3 is 0 Å². The number of hydrogen-bond acceptors (Lipinski definition) is 3. The molecule has 0 amide bonds. The summed E-state index contributed by atoms with van der Waals surface area (Å²) < 4.78 is 5.25. The molecule has 1 N–H and O–H groups in total. The van der Waals surface area contributed by atoms with E-state index >= 15 is 0 Å². The Morgan fingerprint density at radius 3 is 2.93 bits per heavy atom. The lowest BCUT2D eigenvalue weighted by molar-refractivity contribution is 0.0312. The monoisotopic (exact) mass is 192 g/mol. The van der Waals surface area contributed by atoms with Crippen LogP contribution in [0.5, 0.6) is 0 Å². The molecule has 0 saturated heterocycles. The minimum atomic E-state index is -0.389. The number of ether oxygens (including phenoxy) is 1. The van der Waals surface area contributed by atoms with E-state index in [2.05, 4.69) is 0 Å². The number of fused-ring (bicyclic) bond motifs is 1. The summed E-state index contributed by atoms with van der Waals surface area (Å²) in [5.74, 6) is 0.0362. The summed E-state index contributed by atoms with van der Waals surface area (Å²) in [6, 6.07) is 7.53. The molecule has 74 valence electrons. The highest BCUT2D eigenvalue weighted by Gasteiger charge is 2.30. The van der Waals surface area contributed by atoms with E-state index in [9.17, 15) is 4.79 Å². The third kappa shape index (κ3) is 1.56. The van der Waals surface area contributed by atoms with Gasteiger partial charge in [-0.2, -0.15) is 0 Å². The van der Waals surface area contributed by atoms with E-state index in [1.54, 1.807) is 0 Å². The lowest BCUT2D eigenvalue weighted by Gasteiger charge is -2.07. The molecule has 0 heterocycles. The summed E-state index contributed by atoms with van der Waals surface area (Å²) in [4.78, 5) is 11.7. The third-order valence-electron chi connectivity index (χ3n) is 2.39. The van der Waals surface area contributed by atoms with E-state index in [0.717, 1.165) is 11.1 Å². The van der Waals surface area contributed by atoms with Gasteiger partial charge in [-0.15, -0.1) is 0 Å². The summed E-state index contributed by atoms with van der Waals surface area (Å²) in [6.45, 7) is 0.185. The average Bonchev–Trinajstić information content (AvgIpc) is 2.54. The topological polar surface area (TPSA) is 46.5 Å². The molecule has 1 atom stereocenters. The van der Waals surface area contributed by atoms with Crippen LogP contribution in [0.4, 0.5) is 0 Å². The minimum Gasteiger partial charge on any atom is -0.394 e. The first kappa shape index (κ1) is 9.37. The first-order valence-corrected chi connectivity index (χ1v) is 4.67. The van der Waals surface area contributed by atoms with Crippen LogP contribution in [-0.2, 0) is 11.2 Å². The number of rotatable bonds is 3. The molecule has 1 aromatic carbocycles. The van der Waals surface area contributed by atoms with Gasteiger partial charge in [-0.3, -0.25) is 4.79 Å². The van der Waals surface area contributed by atoms with Crippen molar-refractivity contribution in [3.8, 4) is 0 Å². The second-order valence-corrected chi connectivity index (χ2v) is 3.31. The molecular formula is C11H12O3. The molecular weight excluding hydrogens is 180 g/mol. The number of carbonyl (C=O) groups excluding carboxylic acids is 1. The smallest absolute Gasteiger partial charge is 0.192 e. The van der Waals surface area contributed by atoms with Gasteiger partial charge in [0, 0.05) is 12.0 Å². The standard InChI is InChI=1S/C11H12O3/c12-5-6-14-10-7-8-3-1-2-4-9(8)11(10)13/h1-4,10,12H,5-7H2. The van der Waals surface area contributed by atoms with Crippen LogP contribution < -0.4 is 0 Å². The average molecular weight is 192 g/mol. The van der Waals surface area contributed by atoms with Crippen LogP contribution in [0, 0.1) is 0 Å². The second kappa shape index (κ2) is 3.90. The Balaban J connectivity index is 2.13. The highest BCUT2D eigenvalue weighted by Crippen LogP contribution is 2.23. The predicted molar refractivity (Wildman–Crippen MR) is 51.3 cm³/mol. The first-order valence-electron chi connectivity index (χ1n) is 4.67. The van der Waals surface area contributed by atoms with Gasteiger partial charge < -0.3 is 9.84 Å². The summed E-state index contributed by atoms with van der Waals surface area (Å²) in [5.41, 5.74) is 1.80. The fourth-order valence-corrected chi connectivity index (χ4v) is 1.73. The maximum absolute atomic E-state index is 11.7. The lowest BCUT2D eigenvalue weighted by atomic mass is 10.1. The molecule has 1 aliphatic carbocycles. The van der Waals surface area contributed by atoms with Crippen molar-refractivity contribution in [1.82, 2.24) is 0 Å². The number of hydrogen-bond donors (Lipinski definition) is 1. The second-order valence-electron chi connectivity index (χ2n) is 3.31. The number of benzene rings is 1. The molecule has 2 rings (SSSR count). The Hall–Kier alpha value is -1.19. The van der Waals surface area contributed by atoms with Crippen LogP contribution in [0.3, 0.4) is 0 Å². The molecule has 0 fully saturated rings. The molecule has 3 heteroatoms. The molecule has 1 aliphatic rings. The Morgan fingerprint density at radius 1 is 1.43 bits per heavy atom. The molecule has 0 aromatic heterocycles. The number of aliphatic hydroxyl groups excluding tert-OH is 1. The van der Waals surface area contributed by atoms with Gasteiger partial charge in [-0.1, -0.05) is 24.3 Å². The van der Waals surface area contributed by atoms with Crippen molar-refractivity contribution >= 4 is 5.78 Å². The molecule has 0 spiro atoms. The van der Waals surface area contributed by atoms with Gasteiger partial charge in [0.15, 0.2) is 5.78 Å². The summed E-state index contributed by atoms with van der Waals surface area (Å²) in [6.07, 6.45) is 0.245. The van der Waals surface area contributed by atoms with Crippen molar-refractivity contribution in [2.24, 2.45) is 0 Å². The molecule has 1 unspecified atom stereocenters. The lowest BCUT2D eigenvalue weighted by Crippen LogP contribution is -2.21. The highest BCUT2D eigenvalue weighted by atomic mass is 16.5. The summed E-state index contributed by atoms with van der Waals surface area (Å²) >= 11 is 0. The van der Waals surface area contributed by atoms with Gasteiger partial charge in [0.1, 0.15) is 6.10 Å². The van der Waals surface area contributed by atoms with Gasteiger partial charge in [0.05, 0.1) is 13.2 Å². The van der Waals surface area contributed by atoms with Crippen molar-refractivity contribution < 1.29 is 14.6 Å². The quantitative estimate of drug-likeness (QED) is 0.770. The van der Waals surface area contributed by atoms with E-state index in [4.69, 9.17) is 9.84 Å². The van der Waals surface area contributed by atoms with E-state index in [1.807, 2.05) is 24.3 Å². The molecule has 0 aliphatic heterocycles. The number of Topliss-reactive ketones (excluding diaryl/α,β-unsaturated/α-hetero) is 1. The Labute approximate surface area is 82.3 Å². The van der Waals surface area contributed by atoms with Crippen molar-refractivity contribution in [1.29, 1.82) is 0 Å². The van der Waals surface area contributed by atoms with Crippen LogP contribution in [0.1, 0.15) is 15.9 Å². The summed E-state index contributed by atoms with van der Waals surface area (Å²) in [7, 11) is 0. The molecule has 0 saturated carbocycles. The first-order chi connectivity index (χ1) is 6.83. The van der Waals surface area contributed by atoms with Crippen molar-refractivity contribution in [3.63, 3.8) is 0 Å². The molecule has 3 nitrogen and oxygen atoms in total. The van der Waals surface area contributed by atoms with Crippen LogP contribution in [0.15, 0.2) is 24.3 Å². The van der Waals surface area contributed by atoms with Crippen LogP contribution in [0.2, 0.25) is 0 Å². The minimum absolute atomic E-state index is 0.0362.